The third-order valence-electron chi connectivity index (χ3n) is 3.60. The van der Waals surface area contributed by atoms with Crippen LogP contribution >= 0.6 is 11.8 Å². The molecular weight excluding hydrogens is 244 g/mol. The molecular formula is C14H24N2OS+2. The SMILES string of the molecule is OCC[NH+]1CC[NH+](CCSc2ccccc2)CC1. The lowest BCUT2D eigenvalue weighted by molar-refractivity contribution is -1.01. The van der Waals surface area contributed by atoms with E-state index in [1.54, 1.807) is 9.80 Å². The van der Waals surface area contributed by atoms with E-state index in [0.29, 0.717) is 6.61 Å². The fourth-order valence-electron chi connectivity index (χ4n) is 2.45. The first-order valence-corrected chi connectivity index (χ1v) is 7.83. The molecule has 1 aromatic carbocycles. The van der Waals surface area contributed by atoms with Gasteiger partial charge < -0.3 is 14.9 Å². The first kappa shape index (κ1) is 13.9. The van der Waals surface area contributed by atoms with Crippen molar-refractivity contribution in [3.05, 3.63) is 30.3 Å². The van der Waals surface area contributed by atoms with E-state index in [-0.39, 0.29) is 0 Å². The number of benzene rings is 1. The largest absolute Gasteiger partial charge is 0.391 e. The van der Waals surface area contributed by atoms with Gasteiger partial charge in [0.1, 0.15) is 32.7 Å². The minimum Gasteiger partial charge on any atom is -0.391 e. The van der Waals surface area contributed by atoms with Crippen molar-refractivity contribution in [2.75, 3.05) is 51.6 Å². The number of nitrogens with one attached hydrogen (secondary N) is 2. The molecule has 4 heteroatoms. The van der Waals surface area contributed by atoms with Crippen LogP contribution in [0, 0.1) is 0 Å². The number of rotatable bonds is 6. The molecule has 1 saturated heterocycles. The minimum atomic E-state index is 0.328. The molecule has 18 heavy (non-hydrogen) atoms. The smallest absolute Gasteiger partial charge is 0.127 e. The first-order chi connectivity index (χ1) is 8.88. The summed E-state index contributed by atoms with van der Waals surface area (Å²) in [6.07, 6.45) is 0. The minimum absolute atomic E-state index is 0.328. The monoisotopic (exact) mass is 268 g/mol. The van der Waals surface area contributed by atoms with Crippen molar-refractivity contribution in [2.24, 2.45) is 0 Å². The van der Waals surface area contributed by atoms with Gasteiger partial charge in [0.15, 0.2) is 0 Å². The fraction of sp³-hybridized carbons (Fsp3) is 0.571. The molecule has 0 saturated carbocycles. The Morgan fingerprint density at radius 1 is 0.944 bits per heavy atom. The van der Waals surface area contributed by atoms with Crippen LogP contribution in [0.4, 0.5) is 0 Å². The topological polar surface area (TPSA) is 29.1 Å². The zero-order valence-electron chi connectivity index (χ0n) is 10.9. The van der Waals surface area contributed by atoms with Crippen LogP contribution in [0.25, 0.3) is 0 Å². The summed E-state index contributed by atoms with van der Waals surface area (Å²) in [6.45, 7) is 7.44. The summed E-state index contributed by atoms with van der Waals surface area (Å²) < 4.78 is 0. The van der Waals surface area contributed by atoms with Crippen LogP contribution < -0.4 is 9.80 Å². The lowest BCUT2D eigenvalue weighted by Crippen LogP contribution is -3.28. The zero-order valence-corrected chi connectivity index (χ0v) is 11.7. The maximum atomic E-state index is 8.92. The van der Waals surface area contributed by atoms with Gasteiger partial charge in [0.05, 0.1) is 13.2 Å². The molecule has 100 valence electrons. The molecule has 3 N–H and O–H groups in total. The maximum Gasteiger partial charge on any atom is 0.127 e. The molecule has 0 spiro atoms. The Hall–Kier alpha value is -0.550. The quantitative estimate of drug-likeness (QED) is 0.551. The lowest BCUT2D eigenvalue weighted by Gasteiger charge is -2.29. The number of hydrogen-bond donors (Lipinski definition) is 3. The van der Waals surface area contributed by atoms with Crippen molar-refractivity contribution < 1.29 is 14.9 Å². The van der Waals surface area contributed by atoms with Gasteiger partial charge in [-0.1, -0.05) is 18.2 Å². The molecule has 1 aliphatic rings. The normalized spacial score (nSPS) is 24.1. The van der Waals surface area contributed by atoms with E-state index >= 15 is 0 Å². The van der Waals surface area contributed by atoms with Gasteiger partial charge >= 0.3 is 0 Å². The molecule has 0 atom stereocenters. The van der Waals surface area contributed by atoms with Crippen LogP contribution in [0.3, 0.4) is 0 Å². The summed E-state index contributed by atoms with van der Waals surface area (Å²) in [5.74, 6) is 1.20. The average molecular weight is 268 g/mol. The number of thioether (sulfide) groups is 1. The van der Waals surface area contributed by atoms with E-state index in [4.69, 9.17) is 5.11 Å². The molecule has 0 radical (unpaired) electrons. The highest BCUT2D eigenvalue weighted by Gasteiger charge is 2.21. The van der Waals surface area contributed by atoms with E-state index in [1.807, 2.05) is 11.8 Å². The highest BCUT2D eigenvalue weighted by molar-refractivity contribution is 7.99. The molecule has 1 aromatic rings. The van der Waals surface area contributed by atoms with Crippen LogP contribution in [-0.4, -0.2) is 56.7 Å². The summed E-state index contributed by atoms with van der Waals surface area (Å²) >= 11 is 1.96. The highest BCUT2D eigenvalue weighted by Crippen LogP contribution is 2.15. The number of aliphatic hydroxyl groups is 1. The van der Waals surface area contributed by atoms with E-state index in [9.17, 15) is 0 Å². The van der Waals surface area contributed by atoms with Crippen LogP contribution in [0.5, 0.6) is 0 Å². The summed E-state index contributed by atoms with van der Waals surface area (Å²) in [4.78, 5) is 4.67. The molecule has 0 aliphatic carbocycles. The van der Waals surface area contributed by atoms with E-state index in [2.05, 4.69) is 30.3 Å². The summed E-state index contributed by atoms with van der Waals surface area (Å²) in [6, 6.07) is 10.6. The summed E-state index contributed by atoms with van der Waals surface area (Å²) in [5.41, 5.74) is 0. The van der Waals surface area contributed by atoms with Crippen molar-refractivity contribution >= 4 is 11.8 Å². The van der Waals surface area contributed by atoms with Gasteiger partial charge in [-0.05, 0) is 12.1 Å². The Morgan fingerprint density at radius 3 is 2.17 bits per heavy atom. The van der Waals surface area contributed by atoms with Gasteiger partial charge in [-0.25, -0.2) is 0 Å². The number of hydrogen-bond acceptors (Lipinski definition) is 2. The van der Waals surface area contributed by atoms with Gasteiger partial charge in [-0.15, -0.1) is 11.8 Å². The van der Waals surface area contributed by atoms with E-state index in [1.165, 1.54) is 43.4 Å². The molecule has 1 aliphatic heterocycles. The molecule has 3 nitrogen and oxygen atoms in total. The Labute approximate surface area is 114 Å². The van der Waals surface area contributed by atoms with Crippen LogP contribution in [0.15, 0.2) is 35.2 Å². The molecule has 0 amide bonds. The molecule has 0 bridgehead atoms. The second-order valence-electron chi connectivity index (χ2n) is 4.89. The first-order valence-electron chi connectivity index (χ1n) is 6.84. The van der Waals surface area contributed by atoms with E-state index < -0.39 is 0 Å². The molecule has 2 rings (SSSR count). The number of quaternary nitrogens is 2. The third-order valence-corrected chi connectivity index (χ3v) is 4.61. The summed E-state index contributed by atoms with van der Waals surface area (Å²) in [5, 5.41) is 8.92. The van der Waals surface area contributed by atoms with Crippen LogP contribution in [-0.2, 0) is 0 Å². The van der Waals surface area contributed by atoms with Gasteiger partial charge in [0.2, 0.25) is 0 Å². The molecule has 0 unspecified atom stereocenters. The number of piperazine rings is 1. The van der Waals surface area contributed by atoms with Crippen molar-refractivity contribution in [3.63, 3.8) is 0 Å². The van der Waals surface area contributed by atoms with Crippen molar-refractivity contribution in [1.82, 2.24) is 0 Å². The Bertz CT molecular complexity index is 326. The molecule has 0 aromatic heterocycles. The standard InChI is InChI=1S/C14H22N2OS/c17-12-10-15-6-8-16(9-7-15)11-13-18-14-4-2-1-3-5-14/h1-5,17H,6-13H2/p+2. The second-order valence-corrected chi connectivity index (χ2v) is 6.05. The van der Waals surface area contributed by atoms with Crippen LogP contribution in [0.2, 0.25) is 0 Å². The van der Waals surface area contributed by atoms with Crippen LogP contribution in [0.1, 0.15) is 0 Å². The Balaban J connectivity index is 1.61. The Kier molecular flexibility index (Phi) is 6.00. The molecule has 1 fully saturated rings. The highest BCUT2D eigenvalue weighted by atomic mass is 32.2. The summed E-state index contributed by atoms with van der Waals surface area (Å²) in [7, 11) is 0. The van der Waals surface area contributed by atoms with Crippen molar-refractivity contribution in [1.29, 1.82) is 0 Å². The van der Waals surface area contributed by atoms with Crippen molar-refractivity contribution in [2.45, 2.75) is 4.90 Å². The van der Waals surface area contributed by atoms with Gasteiger partial charge in [-0.2, -0.15) is 0 Å². The number of aliphatic hydroxyl groups excluding tert-OH is 1. The lowest BCUT2D eigenvalue weighted by atomic mass is 10.3. The predicted molar refractivity (Wildman–Crippen MR) is 75.4 cm³/mol. The maximum absolute atomic E-state index is 8.92. The van der Waals surface area contributed by atoms with Gasteiger partial charge in [0, 0.05) is 10.6 Å². The third kappa shape index (κ3) is 4.61. The zero-order chi connectivity index (χ0) is 12.6. The van der Waals surface area contributed by atoms with Crippen molar-refractivity contribution in [3.8, 4) is 0 Å². The fourth-order valence-corrected chi connectivity index (χ4v) is 3.42. The average Bonchev–Trinajstić information content (AvgIpc) is 2.42. The molecule has 1 heterocycles. The van der Waals surface area contributed by atoms with Gasteiger partial charge in [-0.3, -0.25) is 0 Å². The second kappa shape index (κ2) is 7.79. The predicted octanol–water partition coefficient (Wildman–Crippen LogP) is -1.45. The van der Waals surface area contributed by atoms with Gasteiger partial charge in [0.25, 0.3) is 0 Å². The van der Waals surface area contributed by atoms with E-state index in [0.717, 1.165) is 6.54 Å². The Morgan fingerprint density at radius 2 is 1.56 bits per heavy atom.